The molecule has 2 rings (SSSR count). The van der Waals surface area contributed by atoms with Crippen LogP contribution < -0.4 is 10.1 Å². The largest absolute Gasteiger partial charge is 0.488 e. The molecule has 1 saturated heterocycles. The molecule has 1 aromatic carbocycles. The third-order valence-corrected chi connectivity index (χ3v) is 4.31. The number of hydrogen-bond acceptors (Lipinski definition) is 8. The predicted molar refractivity (Wildman–Crippen MR) is 114 cm³/mol. The number of rotatable bonds is 5. The van der Waals surface area contributed by atoms with Gasteiger partial charge in [0.2, 0.25) is 0 Å². The monoisotopic (exact) mass is 437 g/mol. The van der Waals surface area contributed by atoms with E-state index in [9.17, 15) is 19.7 Å². The molecule has 0 saturated carbocycles. The normalized spacial score (nSPS) is 19.0. The van der Waals surface area contributed by atoms with Gasteiger partial charge in [-0.1, -0.05) is 0 Å². The fourth-order valence-corrected chi connectivity index (χ4v) is 3.14. The van der Waals surface area contributed by atoms with Gasteiger partial charge in [0.05, 0.1) is 11.5 Å². The average Bonchev–Trinajstić information content (AvgIpc) is 3.02. The maximum absolute atomic E-state index is 12.7. The van der Waals surface area contributed by atoms with Gasteiger partial charge in [-0.15, -0.1) is 0 Å². The molecule has 0 spiro atoms. The van der Waals surface area contributed by atoms with Gasteiger partial charge in [0.15, 0.2) is 0 Å². The fourth-order valence-electron chi connectivity index (χ4n) is 3.14. The molecule has 1 aliphatic heterocycles. The molecular formula is C21H31N3O7. The van der Waals surface area contributed by atoms with E-state index in [1.807, 2.05) is 0 Å². The lowest BCUT2D eigenvalue weighted by Crippen LogP contribution is -2.45. The quantitative estimate of drug-likeness (QED) is 0.420. The lowest BCUT2D eigenvalue weighted by Gasteiger charge is -2.29. The molecular weight excluding hydrogens is 406 g/mol. The number of carbonyl (C=O) groups is 2. The summed E-state index contributed by atoms with van der Waals surface area (Å²) in [4.78, 5) is 37.4. The van der Waals surface area contributed by atoms with Crippen LogP contribution in [0.25, 0.3) is 0 Å². The zero-order valence-corrected chi connectivity index (χ0v) is 19.1. The summed E-state index contributed by atoms with van der Waals surface area (Å²) in [5.74, 6) is -0.155. The summed E-state index contributed by atoms with van der Waals surface area (Å²) in [6, 6.07) is 3.47. The molecule has 0 radical (unpaired) electrons. The van der Waals surface area contributed by atoms with Gasteiger partial charge in [0.25, 0.3) is 5.69 Å². The molecule has 1 aromatic rings. The number of carbonyl (C=O) groups excluding carboxylic acids is 2. The van der Waals surface area contributed by atoms with Gasteiger partial charge in [-0.05, 0) is 47.6 Å². The highest BCUT2D eigenvalue weighted by Gasteiger charge is 2.44. The van der Waals surface area contributed by atoms with Crippen LogP contribution in [0.4, 0.5) is 16.2 Å². The number of likely N-dealkylation sites (tertiary alicyclic amines) is 1. The Balaban J connectivity index is 2.23. The molecule has 1 amide bonds. The molecule has 0 aliphatic carbocycles. The number of nitrogens with zero attached hydrogens (tertiary/aromatic N) is 2. The van der Waals surface area contributed by atoms with Crippen molar-refractivity contribution in [2.24, 2.45) is 0 Å². The Kier molecular flexibility index (Phi) is 7.03. The summed E-state index contributed by atoms with van der Waals surface area (Å²) in [5, 5.41) is 13.9. The molecule has 1 heterocycles. The third kappa shape index (κ3) is 6.73. The molecule has 10 heteroatoms. The van der Waals surface area contributed by atoms with Gasteiger partial charge in [0, 0.05) is 25.6 Å². The molecule has 31 heavy (non-hydrogen) atoms. The van der Waals surface area contributed by atoms with Gasteiger partial charge in [-0.2, -0.15) is 0 Å². The summed E-state index contributed by atoms with van der Waals surface area (Å²) in [6.07, 6.45) is -0.940. The van der Waals surface area contributed by atoms with Crippen molar-refractivity contribution in [1.29, 1.82) is 0 Å². The summed E-state index contributed by atoms with van der Waals surface area (Å²) < 4.78 is 16.9. The van der Waals surface area contributed by atoms with Crippen molar-refractivity contribution in [1.82, 2.24) is 4.90 Å². The van der Waals surface area contributed by atoms with Gasteiger partial charge < -0.3 is 19.5 Å². The van der Waals surface area contributed by atoms with Crippen LogP contribution in [0, 0.1) is 10.1 Å². The van der Waals surface area contributed by atoms with E-state index in [-0.39, 0.29) is 18.7 Å². The van der Waals surface area contributed by atoms with Crippen molar-refractivity contribution >= 4 is 23.4 Å². The number of hydrogen-bond donors (Lipinski definition) is 1. The minimum Gasteiger partial charge on any atom is -0.488 e. The van der Waals surface area contributed by atoms with E-state index in [0.717, 1.165) is 0 Å². The lowest BCUT2D eigenvalue weighted by molar-refractivity contribution is -0.384. The fraction of sp³-hybridized carbons (Fsp3) is 0.619. The summed E-state index contributed by atoms with van der Waals surface area (Å²) in [7, 11) is 1.57. The molecule has 1 fully saturated rings. The van der Waals surface area contributed by atoms with E-state index in [1.54, 1.807) is 48.6 Å². The third-order valence-electron chi connectivity index (χ3n) is 4.31. The van der Waals surface area contributed by atoms with Crippen LogP contribution in [-0.2, 0) is 14.3 Å². The predicted octanol–water partition coefficient (Wildman–Crippen LogP) is 3.74. The van der Waals surface area contributed by atoms with Crippen LogP contribution in [0.2, 0.25) is 0 Å². The number of nitro benzene ring substituents is 1. The second kappa shape index (κ2) is 8.99. The molecule has 0 bridgehead atoms. The van der Waals surface area contributed by atoms with E-state index < -0.39 is 40.3 Å². The van der Waals surface area contributed by atoms with Gasteiger partial charge in [-0.25, -0.2) is 9.59 Å². The first-order chi connectivity index (χ1) is 14.2. The Bertz CT molecular complexity index is 806. The highest BCUT2D eigenvalue weighted by Crippen LogP contribution is 2.32. The molecule has 1 N–H and O–H groups in total. The van der Waals surface area contributed by atoms with Crippen molar-refractivity contribution in [3.63, 3.8) is 0 Å². The van der Waals surface area contributed by atoms with Crippen molar-refractivity contribution in [2.45, 2.75) is 71.3 Å². The maximum atomic E-state index is 12.7. The van der Waals surface area contributed by atoms with Crippen LogP contribution in [0.1, 0.15) is 48.0 Å². The van der Waals surface area contributed by atoms with Gasteiger partial charge in [-0.3, -0.25) is 15.0 Å². The highest BCUT2D eigenvalue weighted by molar-refractivity contribution is 5.82. The second-order valence-corrected chi connectivity index (χ2v) is 9.34. The molecule has 10 nitrogen and oxygen atoms in total. The zero-order chi connectivity index (χ0) is 23.6. The molecule has 0 aromatic heterocycles. The molecule has 0 unspecified atom stereocenters. The van der Waals surface area contributed by atoms with Crippen LogP contribution >= 0.6 is 0 Å². The standard InChI is InChI=1S/C21H31N3O7/c1-20(2,3)30-18(25)17-11-14(12-23(17)19(26)31-21(4,5)6)29-13-8-9-16(24(27)28)15(10-13)22-7/h8-10,14,17,22H,11-12H2,1-7H3/t14-,17+/m1/s1. The van der Waals surface area contributed by atoms with E-state index in [4.69, 9.17) is 14.2 Å². The summed E-state index contributed by atoms with van der Waals surface area (Å²) in [5.41, 5.74) is -1.22. The average molecular weight is 437 g/mol. The first kappa shape index (κ1) is 24.2. The number of benzene rings is 1. The van der Waals surface area contributed by atoms with Crippen LogP contribution in [0.5, 0.6) is 5.75 Å². The topological polar surface area (TPSA) is 120 Å². The Morgan fingerprint density at radius 1 is 1.13 bits per heavy atom. The van der Waals surface area contributed by atoms with Crippen LogP contribution in [0.3, 0.4) is 0 Å². The Morgan fingerprint density at radius 3 is 2.26 bits per heavy atom. The van der Waals surface area contributed by atoms with E-state index >= 15 is 0 Å². The molecule has 172 valence electrons. The number of esters is 1. The van der Waals surface area contributed by atoms with Crippen molar-refractivity contribution in [3.8, 4) is 5.75 Å². The zero-order valence-electron chi connectivity index (χ0n) is 19.1. The lowest BCUT2D eigenvalue weighted by atomic mass is 10.1. The first-order valence-corrected chi connectivity index (χ1v) is 10.1. The molecule has 1 aliphatic rings. The minimum atomic E-state index is -0.860. The van der Waals surface area contributed by atoms with Crippen molar-refractivity contribution in [2.75, 3.05) is 18.9 Å². The van der Waals surface area contributed by atoms with Crippen molar-refractivity contribution < 1.29 is 28.7 Å². The first-order valence-electron chi connectivity index (χ1n) is 10.1. The van der Waals surface area contributed by atoms with Crippen molar-refractivity contribution in [3.05, 3.63) is 28.3 Å². The number of nitro groups is 1. The number of anilines is 1. The number of ether oxygens (including phenoxy) is 3. The SMILES string of the molecule is CNc1cc(O[C@@H]2C[C@@H](C(=O)OC(C)(C)C)N(C(=O)OC(C)(C)C)C2)ccc1[N+](=O)[O-]. The van der Waals surface area contributed by atoms with E-state index in [0.29, 0.717) is 11.4 Å². The Morgan fingerprint density at radius 2 is 1.74 bits per heavy atom. The Labute approximate surface area is 182 Å². The van der Waals surface area contributed by atoms with Crippen LogP contribution in [0.15, 0.2) is 18.2 Å². The number of amides is 1. The number of nitrogens with one attached hydrogen (secondary N) is 1. The highest BCUT2D eigenvalue weighted by atomic mass is 16.6. The van der Waals surface area contributed by atoms with Crippen LogP contribution in [-0.4, -0.2) is 58.8 Å². The van der Waals surface area contributed by atoms with E-state index in [1.165, 1.54) is 23.1 Å². The minimum absolute atomic E-state index is 0.0803. The summed E-state index contributed by atoms with van der Waals surface area (Å²) >= 11 is 0. The Hall–Kier alpha value is -3.04. The molecule has 2 atom stereocenters. The second-order valence-electron chi connectivity index (χ2n) is 9.34. The van der Waals surface area contributed by atoms with Gasteiger partial charge >= 0.3 is 12.1 Å². The summed E-state index contributed by atoms with van der Waals surface area (Å²) in [6.45, 7) is 10.6. The maximum Gasteiger partial charge on any atom is 0.411 e. The van der Waals surface area contributed by atoms with E-state index in [2.05, 4.69) is 5.32 Å². The van der Waals surface area contributed by atoms with Gasteiger partial charge in [0.1, 0.15) is 34.8 Å². The smallest absolute Gasteiger partial charge is 0.411 e.